The van der Waals surface area contributed by atoms with Gasteiger partial charge in [0, 0.05) is 13.1 Å². The Morgan fingerprint density at radius 1 is 1.32 bits per heavy atom. The molecular weight excluding hydrogens is 244 g/mol. The number of rotatable bonds is 3. The van der Waals surface area contributed by atoms with Crippen LogP contribution < -0.4 is 5.73 Å². The van der Waals surface area contributed by atoms with E-state index in [0.717, 1.165) is 5.56 Å². The van der Waals surface area contributed by atoms with Gasteiger partial charge in [-0.05, 0) is 18.4 Å². The van der Waals surface area contributed by atoms with Gasteiger partial charge >= 0.3 is 5.97 Å². The second-order valence-electron chi connectivity index (χ2n) is 4.85. The topological polar surface area (TPSA) is 83.6 Å². The number of hydrogen-bond acceptors (Lipinski definition) is 3. The lowest BCUT2D eigenvalue weighted by Crippen LogP contribution is -2.46. The summed E-state index contributed by atoms with van der Waals surface area (Å²) in [7, 11) is 0. The molecule has 102 valence electrons. The van der Waals surface area contributed by atoms with Gasteiger partial charge in [0.15, 0.2) is 0 Å². The molecule has 5 heteroatoms. The molecule has 0 radical (unpaired) electrons. The summed E-state index contributed by atoms with van der Waals surface area (Å²) in [4.78, 5) is 24.8. The zero-order valence-corrected chi connectivity index (χ0v) is 10.7. The van der Waals surface area contributed by atoms with E-state index < -0.39 is 17.9 Å². The summed E-state index contributed by atoms with van der Waals surface area (Å²) in [5.41, 5.74) is 6.71. The Morgan fingerprint density at radius 3 is 2.63 bits per heavy atom. The number of carboxylic acids is 1. The fraction of sp³-hybridized carbons (Fsp3) is 0.429. The quantitative estimate of drug-likeness (QED) is 0.851. The number of amides is 1. The number of benzene rings is 1. The number of carbonyl (C=O) groups is 2. The summed E-state index contributed by atoms with van der Waals surface area (Å²) < 4.78 is 0. The molecule has 1 unspecified atom stereocenters. The van der Waals surface area contributed by atoms with Gasteiger partial charge in [-0.1, -0.05) is 30.3 Å². The van der Waals surface area contributed by atoms with E-state index >= 15 is 0 Å². The predicted octanol–water partition coefficient (Wildman–Crippen LogP) is 1.01. The average Bonchev–Trinajstić information content (AvgIpc) is 2.46. The zero-order chi connectivity index (χ0) is 13.8. The Bertz CT molecular complexity index is 461. The van der Waals surface area contributed by atoms with E-state index in [1.807, 2.05) is 18.2 Å². The van der Waals surface area contributed by atoms with E-state index in [0.29, 0.717) is 19.4 Å². The SMILES string of the molecule is N[C@@H](C(=O)N1CCCC(C(=O)O)C1)c1ccccc1. The molecule has 0 aliphatic carbocycles. The molecule has 1 heterocycles. The maximum Gasteiger partial charge on any atom is 0.308 e. The molecule has 0 aromatic heterocycles. The summed E-state index contributed by atoms with van der Waals surface area (Å²) in [5, 5.41) is 9.02. The van der Waals surface area contributed by atoms with Crippen LogP contribution in [0.1, 0.15) is 24.4 Å². The highest BCUT2D eigenvalue weighted by Crippen LogP contribution is 2.20. The molecule has 0 bridgehead atoms. The molecule has 0 spiro atoms. The average molecular weight is 262 g/mol. The first-order chi connectivity index (χ1) is 9.09. The number of aliphatic carboxylic acids is 1. The minimum atomic E-state index is -0.842. The van der Waals surface area contributed by atoms with Crippen LogP contribution in [0, 0.1) is 5.92 Å². The smallest absolute Gasteiger partial charge is 0.308 e. The number of likely N-dealkylation sites (tertiary alicyclic amines) is 1. The normalized spacial score (nSPS) is 20.9. The van der Waals surface area contributed by atoms with Gasteiger partial charge in [-0.2, -0.15) is 0 Å². The third-order valence-electron chi connectivity index (χ3n) is 3.51. The van der Waals surface area contributed by atoms with Crippen LogP contribution in [0.3, 0.4) is 0 Å². The summed E-state index contributed by atoms with van der Waals surface area (Å²) in [6, 6.07) is 8.43. The number of carbonyl (C=O) groups excluding carboxylic acids is 1. The third-order valence-corrected chi connectivity index (χ3v) is 3.51. The van der Waals surface area contributed by atoms with Crippen LogP contribution in [0.25, 0.3) is 0 Å². The van der Waals surface area contributed by atoms with E-state index in [2.05, 4.69) is 0 Å². The molecule has 2 atom stereocenters. The Labute approximate surface area is 112 Å². The van der Waals surface area contributed by atoms with Gasteiger partial charge in [0.2, 0.25) is 5.91 Å². The van der Waals surface area contributed by atoms with Crippen LogP contribution in [0.15, 0.2) is 30.3 Å². The first-order valence-corrected chi connectivity index (χ1v) is 6.41. The van der Waals surface area contributed by atoms with E-state index in [9.17, 15) is 9.59 Å². The molecule has 2 rings (SSSR count). The molecule has 5 nitrogen and oxygen atoms in total. The fourth-order valence-electron chi connectivity index (χ4n) is 2.38. The molecule has 1 aliphatic rings. The molecular formula is C14H18N2O3. The Kier molecular flexibility index (Phi) is 4.16. The van der Waals surface area contributed by atoms with Crippen LogP contribution >= 0.6 is 0 Å². The van der Waals surface area contributed by atoms with Gasteiger partial charge < -0.3 is 15.7 Å². The van der Waals surface area contributed by atoms with Crippen molar-refractivity contribution < 1.29 is 14.7 Å². The maximum absolute atomic E-state index is 12.3. The Hall–Kier alpha value is -1.88. The van der Waals surface area contributed by atoms with Crippen molar-refractivity contribution in [2.75, 3.05) is 13.1 Å². The third kappa shape index (κ3) is 3.12. The van der Waals surface area contributed by atoms with Crippen molar-refractivity contribution in [3.05, 3.63) is 35.9 Å². The lowest BCUT2D eigenvalue weighted by atomic mass is 9.97. The van der Waals surface area contributed by atoms with E-state index in [-0.39, 0.29) is 12.5 Å². The summed E-state index contributed by atoms with van der Waals surface area (Å²) in [6.45, 7) is 0.845. The van der Waals surface area contributed by atoms with Crippen LogP contribution in [0.5, 0.6) is 0 Å². The largest absolute Gasteiger partial charge is 0.481 e. The van der Waals surface area contributed by atoms with Crippen LogP contribution in [0.2, 0.25) is 0 Å². The van der Waals surface area contributed by atoms with Crippen molar-refractivity contribution in [2.24, 2.45) is 11.7 Å². The van der Waals surface area contributed by atoms with Gasteiger partial charge in [-0.25, -0.2) is 0 Å². The molecule has 1 aliphatic heterocycles. The lowest BCUT2D eigenvalue weighted by molar-refractivity contribution is -0.146. The van der Waals surface area contributed by atoms with Crippen molar-refractivity contribution in [1.82, 2.24) is 4.90 Å². The summed E-state index contributed by atoms with van der Waals surface area (Å²) >= 11 is 0. The molecule has 3 N–H and O–H groups in total. The van der Waals surface area contributed by atoms with Gasteiger partial charge in [-0.15, -0.1) is 0 Å². The highest BCUT2D eigenvalue weighted by molar-refractivity contribution is 5.84. The molecule has 1 saturated heterocycles. The van der Waals surface area contributed by atoms with Gasteiger partial charge in [-0.3, -0.25) is 9.59 Å². The second-order valence-corrected chi connectivity index (χ2v) is 4.85. The van der Waals surface area contributed by atoms with Crippen LogP contribution in [0.4, 0.5) is 0 Å². The molecule has 1 fully saturated rings. The lowest BCUT2D eigenvalue weighted by Gasteiger charge is -2.32. The zero-order valence-electron chi connectivity index (χ0n) is 10.7. The first kappa shape index (κ1) is 13.5. The molecule has 0 saturated carbocycles. The number of nitrogens with zero attached hydrogens (tertiary/aromatic N) is 1. The number of carboxylic acid groups (broad SMARTS) is 1. The molecule has 1 aromatic carbocycles. The highest BCUT2D eigenvalue weighted by Gasteiger charge is 2.30. The van der Waals surface area contributed by atoms with Crippen LogP contribution in [-0.4, -0.2) is 35.0 Å². The van der Waals surface area contributed by atoms with E-state index in [1.165, 1.54) is 0 Å². The highest BCUT2D eigenvalue weighted by atomic mass is 16.4. The van der Waals surface area contributed by atoms with Crippen molar-refractivity contribution in [3.8, 4) is 0 Å². The summed E-state index contributed by atoms with van der Waals surface area (Å²) in [5.74, 6) is -1.51. The van der Waals surface area contributed by atoms with E-state index in [4.69, 9.17) is 10.8 Å². The first-order valence-electron chi connectivity index (χ1n) is 6.41. The Morgan fingerprint density at radius 2 is 2.00 bits per heavy atom. The van der Waals surface area contributed by atoms with Gasteiger partial charge in [0.05, 0.1) is 5.92 Å². The van der Waals surface area contributed by atoms with Crippen molar-refractivity contribution in [2.45, 2.75) is 18.9 Å². The molecule has 1 aromatic rings. The molecule has 19 heavy (non-hydrogen) atoms. The van der Waals surface area contributed by atoms with Crippen molar-refractivity contribution >= 4 is 11.9 Å². The monoisotopic (exact) mass is 262 g/mol. The van der Waals surface area contributed by atoms with Crippen molar-refractivity contribution in [1.29, 1.82) is 0 Å². The second kappa shape index (κ2) is 5.84. The minimum absolute atomic E-state index is 0.197. The number of nitrogens with two attached hydrogens (primary N) is 1. The maximum atomic E-state index is 12.3. The van der Waals surface area contributed by atoms with Crippen molar-refractivity contribution in [3.63, 3.8) is 0 Å². The minimum Gasteiger partial charge on any atom is -0.481 e. The summed E-state index contributed by atoms with van der Waals surface area (Å²) in [6.07, 6.45) is 1.34. The van der Waals surface area contributed by atoms with Crippen LogP contribution in [-0.2, 0) is 9.59 Å². The molecule has 1 amide bonds. The van der Waals surface area contributed by atoms with Gasteiger partial charge in [0.1, 0.15) is 6.04 Å². The Balaban J connectivity index is 2.05. The number of hydrogen-bond donors (Lipinski definition) is 2. The number of piperidine rings is 1. The van der Waals surface area contributed by atoms with Gasteiger partial charge in [0.25, 0.3) is 0 Å². The fourth-order valence-corrected chi connectivity index (χ4v) is 2.38. The predicted molar refractivity (Wildman–Crippen MR) is 70.3 cm³/mol. The van der Waals surface area contributed by atoms with E-state index in [1.54, 1.807) is 17.0 Å². The standard InChI is InChI=1S/C14H18N2O3/c15-12(10-5-2-1-3-6-10)13(17)16-8-4-7-11(9-16)14(18)19/h1-3,5-6,11-12H,4,7-9,15H2,(H,18,19)/t11?,12-/m1/s1.